The van der Waals surface area contributed by atoms with Gasteiger partial charge in [-0.25, -0.2) is 0 Å². The van der Waals surface area contributed by atoms with Crippen LogP contribution in [0.3, 0.4) is 0 Å². The van der Waals surface area contributed by atoms with Crippen molar-refractivity contribution in [3.8, 4) is 11.8 Å². The minimum absolute atomic E-state index is 0.128. The summed E-state index contributed by atoms with van der Waals surface area (Å²) >= 11 is 5.05. The summed E-state index contributed by atoms with van der Waals surface area (Å²) in [5, 5.41) is 4.90. The molecule has 2 rings (SSSR count). The largest absolute Gasteiger partial charge is 0.347 e. The Hall–Kier alpha value is -1.61. The molecule has 0 saturated carbocycles. The molecule has 21 heavy (non-hydrogen) atoms. The van der Waals surface area contributed by atoms with E-state index in [1.54, 1.807) is 17.4 Å². The van der Waals surface area contributed by atoms with Crippen molar-refractivity contribution in [1.29, 1.82) is 0 Å². The molecular formula is C16H15BrN2OS. The quantitative estimate of drug-likeness (QED) is 0.824. The normalized spacial score (nSPS) is 9.86. The topological polar surface area (TPSA) is 55.1 Å². The molecule has 3 nitrogen and oxygen atoms in total. The van der Waals surface area contributed by atoms with Crippen LogP contribution in [0.1, 0.15) is 26.4 Å². The van der Waals surface area contributed by atoms with Crippen molar-refractivity contribution in [1.82, 2.24) is 5.32 Å². The summed E-state index contributed by atoms with van der Waals surface area (Å²) in [7, 11) is 0. The van der Waals surface area contributed by atoms with Gasteiger partial charge in [0.1, 0.15) is 0 Å². The Morgan fingerprint density at radius 3 is 2.90 bits per heavy atom. The molecule has 0 aliphatic rings. The summed E-state index contributed by atoms with van der Waals surface area (Å²) in [4.78, 5) is 13.4. The molecule has 0 aliphatic carbocycles. The molecule has 0 bridgehead atoms. The number of hydrogen-bond donors (Lipinski definition) is 2. The highest BCUT2D eigenvalue weighted by Gasteiger charge is 2.11. The number of amides is 1. The zero-order valence-electron chi connectivity index (χ0n) is 11.6. The smallest absolute Gasteiger partial charge is 0.252 e. The SMILES string of the molecule is Cc1ccc(C(=O)NCc2sccc2Br)c(C#CCN)c1. The van der Waals surface area contributed by atoms with Crippen LogP contribution in [0.25, 0.3) is 0 Å². The molecule has 0 atom stereocenters. The molecule has 2 aromatic rings. The number of benzene rings is 1. The minimum Gasteiger partial charge on any atom is -0.347 e. The number of hydrogen-bond acceptors (Lipinski definition) is 3. The van der Waals surface area contributed by atoms with Gasteiger partial charge in [-0.1, -0.05) is 17.9 Å². The molecule has 0 radical (unpaired) electrons. The summed E-state index contributed by atoms with van der Waals surface area (Å²) in [6, 6.07) is 7.58. The molecule has 1 amide bonds. The fraction of sp³-hybridized carbons (Fsp3) is 0.188. The maximum atomic E-state index is 12.3. The molecular weight excluding hydrogens is 348 g/mol. The van der Waals surface area contributed by atoms with E-state index in [1.807, 2.05) is 30.5 Å². The Morgan fingerprint density at radius 1 is 1.43 bits per heavy atom. The van der Waals surface area contributed by atoms with Crippen molar-refractivity contribution in [2.45, 2.75) is 13.5 Å². The van der Waals surface area contributed by atoms with Crippen molar-refractivity contribution < 1.29 is 4.79 Å². The summed E-state index contributed by atoms with van der Waals surface area (Å²) in [6.45, 7) is 2.74. The van der Waals surface area contributed by atoms with Gasteiger partial charge >= 0.3 is 0 Å². The van der Waals surface area contributed by atoms with Crippen LogP contribution < -0.4 is 11.1 Å². The Balaban J connectivity index is 2.17. The standard InChI is InChI=1S/C16H15BrN2OS/c1-11-4-5-13(12(9-11)3-2-7-18)16(20)19-10-15-14(17)6-8-21-15/h4-6,8-9H,7,10,18H2,1H3,(H,19,20). The number of aryl methyl sites for hydroxylation is 1. The third-order valence-electron chi connectivity index (χ3n) is 2.85. The van der Waals surface area contributed by atoms with Gasteiger partial charge in [-0.2, -0.15) is 0 Å². The van der Waals surface area contributed by atoms with E-state index in [4.69, 9.17) is 5.73 Å². The first-order valence-corrected chi connectivity index (χ1v) is 8.08. The van der Waals surface area contributed by atoms with E-state index < -0.39 is 0 Å². The van der Waals surface area contributed by atoms with E-state index in [9.17, 15) is 4.79 Å². The molecule has 0 saturated heterocycles. The Labute approximate surface area is 136 Å². The van der Waals surface area contributed by atoms with E-state index >= 15 is 0 Å². The van der Waals surface area contributed by atoms with Crippen molar-refractivity contribution in [3.05, 3.63) is 55.7 Å². The summed E-state index contributed by atoms with van der Waals surface area (Å²) < 4.78 is 1.01. The molecule has 0 fully saturated rings. The van der Waals surface area contributed by atoms with Crippen LogP contribution in [0, 0.1) is 18.8 Å². The lowest BCUT2D eigenvalue weighted by Crippen LogP contribution is -2.23. The second kappa shape index (κ2) is 7.41. The number of nitrogens with one attached hydrogen (secondary N) is 1. The molecule has 1 heterocycles. The van der Waals surface area contributed by atoms with Gasteiger partial charge in [0, 0.05) is 14.9 Å². The van der Waals surface area contributed by atoms with Crippen molar-refractivity contribution in [2.75, 3.05) is 6.54 Å². The maximum absolute atomic E-state index is 12.3. The lowest BCUT2D eigenvalue weighted by atomic mass is 10.0. The van der Waals surface area contributed by atoms with Crippen molar-refractivity contribution >= 4 is 33.2 Å². The number of thiophene rings is 1. The van der Waals surface area contributed by atoms with E-state index in [2.05, 4.69) is 33.1 Å². The molecule has 1 aromatic carbocycles. The van der Waals surface area contributed by atoms with Crippen molar-refractivity contribution in [2.24, 2.45) is 5.73 Å². The molecule has 108 valence electrons. The Kier molecular flexibility index (Phi) is 5.57. The first kappa shape index (κ1) is 15.8. The number of halogens is 1. The van der Waals surface area contributed by atoms with Crippen LogP contribution in [0.4, 0.5) is 0 Å². The third-order valence-corrected chi connectivity index (χ3v) is 4.77. The number of carbonyl (C=O) groups excluding carboxylic acids is 1. The van der Waals surface area contributed by atoms with Gasteiger partial charge in [0.2, 0.25) is 0 Å². The van der Waals surface area contributed by atoms with Gasteiger partial charge in [0.15, 0.2) is 0 Å². The highest BCUT2D eigenvalue weighted by atomic mass is 79.9. The number of carbonyl (C=O) groups is 1. The van der Waals surface area contributed by atoms with Crippen LogP contribution in [-0.2, 0) is 6.54 Å². The van der Waals surface area contributed by atoms with Crippen molar-refractivity contribution in [3.63, 3.8) is 0 Å². The second-order valence-corrected chi connectivity index (χ2v) is 6.28. The van der Waals surface area contributed by atoms with Gasteiger partial charge in [-0.05, 0) is 52.0 Å². The minimum atomic E-state index is -0.128. The predicted molar refractivity (Wildman–Crippen MR) is 90.3 cm³/mol. The number of nitrogens with two attached hydrogens (primary N) is 1. The zero-order valence-corrected chi connectivity index (χ0v) is 14.0. The molecule has 0 spiro atoms. The fourth-order valence-corrected chi connectivity index (χ4v) is 3.24. The highest BCUT2D eigenvalue weighted by molar-refractivity contribution is 9.10. The van der Waals surface area contributed by atoms with Crippen LogP contribution >= 0.6 is 27.3 Å². The van der Waals surface area contributed by atoms with Gasteiger partial charge < -0.3 is 11.1 Å². The van der Waals surface area contributed by atoms with Crippen LogP contribution in [0.2, 0.25) is 0 Å². The number of rotatable bonds is 3. The molecule has 0 aliphatic heterocycles. The molecule has 3 N–H and O–H groups in total. The van der Waals surface area contributed by atoms with E-state index in [1.165, 1.54) is 0 Å². The average Bonchev–Trinajstić information content (AvgIpc) is 2.88. The Morgan fingerprint density at radius 2 is 2.24 bits per heavy atom. The van der Waals surface area contributed by atoms with Crippen LogP contribution in [0.5, 0.6) is 0 Å². The third kappa shape index (κ3) is 4.18. The fourth-order valence-electron chi connectivity index (χ4n) is 1.81. The predicted octanol–water partition coefficient (Wildman–Crippen LogP) is 3.06. The lowest BCUT2D eigenvalue weighted by molar-refractivity contribution is 0.0951. The van der Waals surface area contributed by atoms with E-state index in [-0.39, 0.29) is 12.5 Å². The maximum Gasteiger partial charge on any atom is 0.252 e. The van der Waals surface area contributed by atoms with Gasteiger partial charge in [-0.3, -0.25) is 4.79 Å². The van der Waals surface area contributed by atoms with Gasteiger partial charge in [-0.15, -0.1) is 11.3 Å². The van der Waals surface area contributed by atoms with Gasteiger partial charge in [0.05, 0.1) is 18.7 Å². The van der Waals surface area contributed by atoms with Gasteiger partial charge in [0.25, 0.3) is 5.91 Å². The monoisotopic (exact) mass is 362 g/mol. The zero-order chi connectivity index (χ0) is 15.2. The summed E-state index contributed by atoms with van der Waals surface area (Å²) in [5.41, 5.74) is 7.76. The first-order valence-electron chi connectivity index (χ1n) is 6.41. The first-order chi connectivity index (χ1) is 10.1. The van der Waals surface area contributed by atoms with Crippen LogP contribution in [-0.4, -0.2) is 12.5 Å². The summed E-state index contributed by atoms with van der Waals surface area (Å²) in [5.74, 6) is 5.63. The molecule has 1 aromatic heterocycles. The molecule has 5 heteroatoms. The van der Waals surface area contributed by atoms with E-state index in [0.29, 0.717) is 17.7 Å². The second-order valence-electron chi connectivity index (χ2n) is 4.43. The Bertz CT molecular complexity index is 713. The highest BCUT2D eigenvalue weighted by Crippen LogP contribution is 2.22. The molecule has 0 unspecified atom stereocenters. The summed E-state index contributed by atoms with van der Waals surface area (Å²) in [6.07, 6.45) is 0. The average molecular weight is 363 g/mol. The van der Waals surface area contributed by atoms with E-state index in [0.717, 1.165) is 14.9 Å². The van der Waals surface area contributed by atoms with Crippen LogP contribution in [0.15, 0.2) is 34.1 Å². The lowest BCUT2D eigenvalue weighted by Gasteiger charge is -2.07.